The quantitative estimate of drug-likeness (QED) is 0.587. The Balaban J connectivity index is 2.64. The average molecular weight is 165 g/mol. The van der Waals surface area contributed by atoms with Crippen molar-refractivity contribution in [1.82, 2.24) is 0 Å². The lowest BCUT2D eigenvalue weighted by atomic mass is 9.99. The van der Waals surface area contributed by atoms with Gasteiger partial charge in [0.25, 0.3) is 0 Å². The van der Waals surface area contributed by atoms with Crippen LogP contribution in [0, 0.1) is 0 Å². The minimum atomic E-state index is -1.21. The van der Waals surface area contributed by atoms with E-state index < -0.39 is 5.67 Å². The van der Waals surface area contributed by atoms with Gasteiger partial charge < -0.3 is 5.73 Å². The summed E-state index contributed by atoms with van der Waals surface area (Å²) in [6.07, 6.45) is 1.38. The molecular formula is C10H12FN. The van der Waals surface area contributed by atoms with Crippen LogP contribution >= 0.6 is 0 Å². The average Bonchev–Trinajstić information content (AvgIpc) is 2.29. The molecule has 0 saturated carbocycles. The van der Waals surface area contributed by atoms with Gasteiger partial charge in [0, 0.05) is 11.3 Å². The summed E-state index contributed by atoms with van der Waals surface area (Å²) in [4.78, 5) is 0. The molecule has 12 heavy (non-hydrogen) atoms. The first-order chi connectivity index (χ1) is 5.61. The van der Waals surface area contributed by atoms with Crippen LogP contribution in [-0.2, 0) is 12.1 Å². The predicted octanol–water partition coefficient (Wildman–Crippen LogP) is 2.40. The molecule has 1 unspecified atom stereocenters. The van der Waals surface area contributed by atoms with Crippen LogP contribution in [0.15, 0.2) is 18.2 Å². The fourth-order valence-corrected chi connectivity index (χ4v) is 1.96. The molecule has 0 bridgehead atoms. The van der Waals surface area contributed by atoms with E-state index in [-0.39, 0.29) is 0 Å². The first-order valence-corrected chi connectivity index (χ1v) is 4.18. The zero-order valence-electron chi connectivity index (χ0n) is 7.10. The fourth-order valence-electron chi connectivity index (χ4n) is 1.96. The number of rotatable bonds is 0. The molecule has 0 radical (unpaired) electrons. The Kier molecular flexibility index (Phi) is 1.40. The van der Waals surface area contributed by atoms with E-state index in [9.17, 15) is 4.39 Å². The van der Waals surface area contributed by atoms with Gasteiger partial charge in [0.15, 0.2) is 0 Å². The molecule has 0 amide bonds. The van der Waals surface area contributed by atoms with Crippen molar-refractivity contribution in [2.45, 2.75) is 25.4 Å². The molecule has 1 aliphatic carbocycles. The molecule has 0 saturated heterocycles. The summed E-state index contributed by atoms with van der Waals surface area (Å²) in [5.74, 6) is 0. The molecule has 1 aliphatic rings. The van der Waals surface area contributed by atoms with E-state index in [0.717, 1.165) is 12.0 Å². The lowest BCUT2D eigenvalue weighted by Crippen LogP contribution is -2.12. The molecule has 0 heterocycles. The highest BCUT2D eigenvalue weighted by molar-refractivity contribution is 5.56. The topological polar surface area (TPSA) is 26.0 Å². The molecule has 1 nitrogen and oxygen atoms in total. The summed E-state index contributed by atoms with van der Waals surface area (Å²) in [5.41, 5.74) is 6.87. The molecule has 0 fully saturated rings. The van der Waals surface area contributed by atoms with Crippen molar-refractivity contribution in [3.63, 3.8) is 0 Å². The van der Waals surface area contributed by atoms with E-state index in [2.05, 4.69) is 0 Å². The summed E-state index contributed by atoms with van der Waals surface area (Å²) in [6.45, 7) is 1.61. The third-order valence-electron chi connectivity index (χ3n) is 2.57. The summed E-state index contributed by atoms with van der Waals surface area (Å²) in [5, 5.41) is 0. The van der Waals surface area contributed by atoms with E-state index in [1.165, 1.54) is 0 Å². The zero-order chi connectivity index (χ0) is 8.77. The highest BCUT2D eigenvalue weighted by Gasteiger charge is 2.35. The van der Waals surface area contributed by atoms with Crippen molar-refractivity contribution in [2.24, 2.45) is 0 Å². The molecule has 64 valence electrons. The monoisotopic (exact) mass is 165 g/mol. The van der Waals surface area contributed by atoms with E-state index in [4.69, 9.17) is 5.73 Å². The van der Waals surface area contributed by atoms with Crippen molar-refractivity contribution in [3.05, 3.63) is 29.3 Å². The van der Waals surface area contributed by atoms with Crippen LogP contribution in [0.1, 0.15) is 24.5 Å². The number of aryl methyl sites for hydroxylation is 1. The maximum absolute atomic E-state index is 13.8. The van der Waals surface area contributed by atoms with E-state index in [0.29, 0.717) is 17.7 Å². The van der Waals surface area contributed by atoms with Crippen molar-refractivity contribution < 1.29 is 4.39 Å². The van der Waals surface area contributed by atoms with Crippen LogP contribution in [0.3, 0.4) is 0 Å². The van der Waals surface area contributed by atoms with Crippen LogP contribution in [-0.4, -0.2) is 0 Å². The van der Waals surface area contributed by atoms with Gasteiger partial charge in [-0.15, -0.1) is 0 Å². The Morgan fingerprint density at radius 1 is 1.50 bits per heavy atom. The number of hydrogen-bond donors (Lipinski definition) is 1. The van der Waals surface area contributed by atoms with Crippen molar-refractivity contribution in [3.8, 4) is 0 Å². The normalized spacial score (nSPS) is 27.2. The number of fused-ring (bicyclic) bond motifs is 1. The fraction of sp³-hybridized carbons (Fsp3) is 0.400. The SMILES string of the molecule is CC1(F)CCc2cccc(N)c21. The Morgan fingerprint density at radius 2 is 2.25 bits per heavy atom. The lowest BCUT2D eigenvalue weighted by Gasteiger charge is -2.15. The minimum Gasteiger partial charge on any atom is -0.398 e. The minimum absolute atomic E-state index is 0.566. The second-order valence-electron chi connectivity index (χ2n) is 3.58. The molecule has 0 aromatic heterocycles. The predicted molar refractivity (Wildman–Crippen MR) is 47.6 cm³/mol. The number of hydrogen-bond acceptors (Lipinski definition) is 1. The second kappa shape index (κ2) is 2.22. The summed E-state index contributed by atoms with van der Waals surface area (Å²) >= 11 is 0. The van der Waals surface area contributed by atoms with Gasteiger partial charge in [-0.3, -0.25) is 0 Å². The molecule has 0 aliphatic heterocycles. The van der Waals surface area contributed by atoms with Gasteiger partial charge in [0.2, 0.25) is 0 Å². The van der Waals surface area contributed by atoms with Gasteiger partial charge in [-0.25, -0.2) is 4.39 Å². The number of nitrogen functional groups attached to an aromatic ring is 1. The molecule has 1 aromatic carbocycles. The molecule has 2 N–H and O–H groups in total. The Morgan fingerprint density at radius 3 is 2.92 bits per heavy atom. The Bertz CT molecular complexity index is 318. The molecular weight excluding hydrogens is 153 g/mol. The number of nitrogens with two attached hydrogens (primary N) is 1. The lowest BCUT2D eigenvalue weighted by molar-refractivity contribution is 0.195. The smallest absolute Gasteiger partial charge is 0.135 e. The Labute approximate surface area is 71.4 Å². The van der Waals surface area contributed by atoms with Crippen LogP contribution in [0.5, 0.6) is 0 Å². The van der Waals surface area contributed by atoms with E-state index >= 15 is 0 Å². The molecule has 0 spiro atoms. The van der Waals surface area contributed by atoms with Gasteiger partial charge in [-0.2, -0.15) is 0 Å². The first-order valence-electron chi connectivity index (χ1n) is 4.18. The molecule has 2 rings (SSSR count). The largest absolute Gasteiger partial charge is 0.398 e. The molecule has 1 aromatic rings. The van der Waals surface area contributed by atoms with Gasteiger partial charge in [-0.05, 0) is 31.4 Å². The number of alkyl halides is 1. The van der Waals surface area contributed by atoms with E-state index in [1.807, 2.05) is 12.1 Å². The second-order valence-corrected chi connectivity index (χ2v) is 3.58. The van der Waals surface area contributed by atoms with Crippen LogP contribution in [0.25, 0.3) is 0 Å². The van der Waals surface area contributed by atoms with Crippen LogP contribution in [0.4, 0.5) is 10.1 Å². The van der Waals surface area contributed by atoms with Crippen molar-refractivity contribution in [1.29, 1.82) is 0 Å². The summed E-state index contributed by atoms with van der Waals surface area (Å²) in [6, 6.07) is 5.61. The molecule has 2 heteroatoms. The van der Waals surface area contributed by atoms with Gasteiger partial charge in [0.1, 0.15) is 5.67 Å². The van der Waals surface area contributed by atoms with Gasteiger partial charge in [0.05, 0.1) is 0 Å². The standard InChI is InChI=1S/C10H12FN/c1-10(11)6-5-7-3-2-4-8(12)9(7)10/h2-4H,5-6,12H2,1H3. The summed E-state index contributed by atoms with van der Waals surface area (Å²) in [7, 11) is 0. The van der Waals surface area contributed by atoms with E-state index in [1.54, 1.807) is 13.0 Å². The van der Waals surface area contributed by atoms with Crippen LogP contribution in [0.2, 0.25) is 0 Å². The first kappa shape index (κ1) is 7.59. The van der Waals surface area contributed by atoms with Crippen molar-refractivity contribution >= 4 is 5.69 Å². The maximum atomic E-state index is 13.8. The number of anilines is 1. The van der Waals surface area contributed by atoms with Crippen molar-refractivity contribution in [2.75, 3.05) is 5.73 Å². The third-order valence-corrected chi connectivity index (χ3v) is 2.57. The Hall–Kier alpha value is -1.05. The van der Waals surface area contributed by atoms with Gasteiger partial charge >= 0.3 is 0 Å². The molecule has 1 atom stereocenters. The van der Waals surface area contributed by atoms with Gasteiger partial charge in [-0.1, -0.05) is 12.1 Å². The third kappa shape index (κ3) is 0.909. The maximum Gasteiger partial charge on any atom is 0.135 e. The highest BCUT2D eigenvalue weighted by Crippen LogP contribution is 2.42. The van der Waals surface area contributed by atoms with Crippen LogP contribution < -0.4 is 5.73 Å². The summed E-state index contributed by atoms with van der Waals surface area (Å²) < 4.78 is 13.8. The number of benzene rings is 1. The highest BCUT2D eigenvalue weighted by atomic mass is 19.1. The zero-order valence-corrected chi connectivity index (χ0v) is 7.10. The number of halogens is 1.